The highest BCUT2D eigenvalue weighted by Crippen LogP contribution is 2.42. The molecule has 0 radical (unpaired) electrons. The maximum absolute atomic E-state index is 12.5. The first-order valence-corrected chi connectivity index (χ1v) is 10.0. The van der Waals surface area contributed by atoms with Gasteiger partial charge in [0.25, 0.3) is 0 Å². The summed E-state index contributed by atoms with van der Waals surface area (Å²) in [5.41, 5.74) is 1.89. The van der Waals surface area contributed by atoms with Crippen LogP contribution in [0.15, 0.2) is 24.3 Å². The third-order valence-electron chi connectivity index (χ3n) is 4.69. The summed E-state index contributed by atoms with van der Waals surface area (Å²) < 4.78 is 5.22. The summed E-state index contributed by atoms with van der Waals surface area (Å²) in [7, 11) is 0. The van der Waals surface area contributed by atoms with E-state index in [1.54, 1.807) is 25.1 Å². The molecule has 1 atom stereocenters. The normalized spacial score (nSPS) is 16.2. The number of piperidine rings is 1. The van der Waals surface area contributed by atoms with E-state index >= 15 is 0 Å². The molecule has 29 heavy (non-hydrogen) atoms. The third kappa shape index (κ3) is 4.93. The predicted molar refractivity (Wildman–Crippen MR) is 109 cm³/mol. The van der Waals surface area contributed by atoms with Crippen molar-refractivity contribution in [3.63, 3.8) is 0 Å². The zero-order valence-corrected chi connectivity index (χ0v) is 16.7. The summed E-state index contributed by atoms with van der Waals surface area (Å²) in [4.78, 5) is 35.5. The average molecular weight is 418 g/mol. The van der Waals surface area contributed by atoms with Crippen molar-refractivity contribution in [3.05, 3.63) is 34.7 Å². The van der Waals surface area contributed by atoms with Gasteiger partial charge in [0.05, 0.1) is 5.92 Å². The maximum Gasteiger partial charge on any atom is 0.349 e. The van der Waals surface area contributed by atoms with Crippen LogP contribution in [-0.4, -0.2) is 47.8 Å². The lowest BCUT2D eigenvalue weighted by Gasteiger charge is -2.22. The molecule has 1 unspecified atom stereocenters. The quantitative estimate of drug-likeness (QED) is 0.545. The Labute approximate surface area is 171 Å². The van der Waals surface area contributed by atoms with Gasteiger partial charge < -0.3 is 25.6 Å². The molecule has 1 aromatic heterocycles. The molecule has 0 spiro atoms. The first kappa shape index (κ1) is 20.8. The van der Waals surface area contributed by atoms with Crippen molar-refractivity contribution < 1.29 is 29.3 Å². The molecule has 1 aromatic carbocycles. The molecule has 8 nitrogen and oxygen atoms in total. The molecule has 1 aliphatic rings. The highest BCUT2D eigenvalue weighted by Gasteiger charge is 2.24. The van der Waals surface area contributed by atoms with Gasteiger partial charge in [-0.2, -0.15) is 0 Å². The maximum atomic E-state index is 12.5. The van der Waals surface area contributed by atoms with Gasteiger partial charge >= 0.3 is 11.9 Å². The van der Waals surface area contributed by atoms with Crippen molar-refractivity contribution in [2.45, 2.75) is 19.8 Å². The molecule has 0 aliphatic carbocycles. The van der Waals surface area contributed by atoms with Gasteiger partial charge in [-0.15, -0.1) is 11.3 Å². The standard InChI is InChI=1S/C20H22N2O6S/c1-11-16(28-10-15(23)24)18(20(26)27)29-17(11)12-4-2-6-14(8-12)22-19(25)13-5-3-7-21-9-13/h2,4,6,8,13,21H,3,5,7,9-10H2,1H3,(H,22,25)(H,23,24)(H,26,27). The second-order valence-corrected chi connectivity index (χ2v) is 7.84. The van der Waals surface area contributed by atoms with E-state index in [0.29, 0.717) is 22.7 Å². The molecule has 154 valence electrons. The minimum Gasteiger partial charge on any atom is -0.480 e. The van der Waals surface area contributed by atoms with E-state index in [1.807, 2.05) is 6.07 Å². The topological polar surface area (TPSA) is 125 Å². The number of aliphatic carboxylic acids is 1. The zero-order chi connectivity index (χ0) is 21.0. The van der Waals surface area contributed by atoms with Crippen LogP contribution < -0.4 is 15.4 Å². The minimum absolute atomic E-state index is 0.0473. The lowest BCUT2D eigenvalue weighted by Crippen LogP contribution is -2.37. The van der Waals surface area contributed by atoms with E-state index in [1.165, 1.54) is 0 Å². The predicted octanol–water partition coefficient (Wildman–Crippen LogP) is 2.82. The van der Waals surface area contributed by atoms with Gasteiger partial charge in [-0.3, -0.25) is 4.79 Å². The van der Waals surface area contributed by atoms with Gasteiger partial charge in [0.2, 0.25) is 5.91 Å². The van der Waals surface area contributed by atoms with Crippen LogP contribution in [-0.2, 0) is 9.59 Å². The number of carbonyl (C=O) groups is 3. The number of hydrogen-bond acceptors (Lipinski definition) is 6. The van der Waals surface area contributed by atoms with Gasteiger partial charge in [-0.25, -0.2) is 9.59 Å². The summed E-state index contributed by atoms with van der Waals surface area (Å²) in [5.74, 6) is -2.43. The fourth-order valence-corrected chi connectivity index (χ4v) is 4.37. The largest absolute Gasteiger partial charge is 0.480 e. The summed E-state index contributed by atoms with van der Waals surface area (Å²) >= 11 is 1.01. The Morgan fingerprint density at radius 2 is 2.10 bits per heavy atom. The molecular formula is C20H22N2O6S. The van der Waals surface area contributed by atoms with Crippen molar-refractivity contribution in [1.29, 1.82) is 0 Å². The number of anilines is 1. The Morgan fingerprint density at radius 3 is 2.76 bits per heavy atom. The lowest BCUT2D eigenvalue weighted by molar-refractivity contribution is -0.139. The van der Waals surface area contributed by atoms with E-state index in [0.717, 1.165) is 36.3 Å². The molecule has 0 saturated carbocycles. The fraction of sp³-hybridized carbons (Fsp3) is 0.350. The Morgan fingerprint density at radius 1 is 1.31 bits per heavy atom. The molecule has 1 fully saturated rings. The van der Waals surface area contributed by atoms with Crippen LogP contribution in [0, 0.1) is 12.8 Å². The number of carbonyl (C=O) groups excluding carboxylic acids is 1. The highest BCUT2D eigenvalue weighted by atomic mass is 32.1. The van der Waals surface area contributed by atoms with E-state index in [2.05, 4.69) is 10.6 Å². The van der Waals surface area contributed by atoms with Crippen molar-refractivity contribution in [3.8, 4) is 16.2 Å². The second-order valence-electron chi connectivity index (χ2n) is 6.82. The van der Waals surface area contributed by atoms with Crippen LogP contribution in [0.25, 0.3) is 10.4 Å². The van der Waals surface area contributed by atoms with Crippen LogP contribution in [0.3, 0.4) is 0 Å². The summed E-state index contributed by atoms with van der Waals surface area (Å²) in [6.45, 7) is 2.65. The first-order valence-electron chi connectivity index (χ1n) is 9.20. The number of amides is 1. The number of benzene rings is 1. The molecule has 9 heteroatoms. The fourth-order valence-electron chi connectivity index (χ4n) is 3.28. The van der Waals surface area contributed by atoms with Crippen molar-refractivity contribution in [2.24, 2.45) is 5.92 Å². The third-order valence-corrected chi connectivity index (χ3v) is 6.00. The first-order chi connectivity index (χ1) is 13.9. The van der Waals surface area contributed by atoms with Gasteiger partial charge in [0.15, 0.2) is 11.5 Å². The Bertz CT molecular complexity index is 933. The Hall–Kier alpha value is -2.91. The number of rotatable bonds is 7. The Balaban J connectivity index is 1.86. The number of carboxylic acids is 2. The number of aromatic carboxylic acids is 1. The summed E-state index contributed by atoms with van der Waals surface area (Å²) in [6, 6.07) is 7.14. The van der Waals surface area contributed by atoms with Crippen LogP contribution in [0.5, 0.6) is 5.75 Å². The summed E-state index contributed by atoms with van der Waals surface area (Å²) in [5, 5.41) is 24.4. The molecule has 1 aliphatic heterocycles. The van der Waals surface area contributed by atoms with Crippen LogP contribution in [0.4, 0.5) is 5.69 Å². The number of nitrogens with one attached hydrogen (secondary N) is 2. The zero-order valence-electron chi connectivity index (χ0n) is 15.9. The lowest BCUT2D eigenvalue weighted by atomic mass is 9.98. The highest BCUT2D eigenvalue weighted by molar-refractivity contribution is 7.18. The Kier molecular flexibility index (Phi) is 6.50. The number of thiophene rings is 1. The molecule has 1 amide bonds. The van der Waals surface area contributed by atoms with Crippen LogP contribution in [0.1, 0.15) is 28.1 Å². The van der Waals surface area contributed by atoms with E-state index in [4.69, 9.17) is 9.84 Å². The molecule has 4 N–H and O–H groups in total. The SMILES string of the molecule is Cc1c(-c2cccc(NC(=O)C3CCCNC3)c2)sc(C(=O)O)c1OCC(=O)O. The van der Waals surface area contributed by atoms with Gasteiger partial charge in [-0.05, 0) is 44.0 Å². The number of ether oxygens (including phenoxy) is 1. The molecule has 3 rings (SSSR count). The molecule has 0 bridgehead atoms. The molecule has 2 aromatic rings. The molecule has 1 saturated heterocycles. The molecule has 2 heterocycles. The monoisotopic (exact) mass is 418 g/mol. The van der Waals surface area contributed by atoms with Gasteiger partial charge in [-0.1, -0.05) is 12.1 Å². The number of carboxylic acid groups (broad SMARTS) is 2. The summed E-state index contributed by atoms with van der Waals surface area (Å²) in [6.07, 6.45) is 1.80. The van der Waals surface area contributed by atoms with Crippen molar-refractivity contribution in [1.82, 2.24) is 5.32 Å². The average Bonchev–Trinajstić information content (AvgIpc) is 3.04. The second kappa shape index (κ2) is 9.06. The van der Waals surface area contributed by atoms with Crippen LogP contribution in [0.2, 0.25) is 0 Å². The van der Waals surface area contributed by atoms with Crippen molar-refractivity contribution in [2.75, 3.05) is 25.0 Å². The van der Waals surface area contributed by atoms with E-state index in [9.17, 15) is 19.5 Å². The van der Waals surface area contributed by atoms with Crippen molar-refractivity contribution >= 4 is 34.9 Å². The van der Waals surface area contributed by atoms with E-state index in [-0.39, 0.29) is 22.5 Å². The van der Waals surface area contributed by atoms with Gasteiger partial charge in [0, 0.05) is 22.7 Å². The van der Waals surface area contributed by atoms with Gasteiger partial charge in [0.1, 0.15) is 5.75 Å². The number of hydrogen-bond donors (Lipinski definition) is 4. The van der Waals surface area contributed by atoms with Crippen LogP contribution >= 0.6 is 11.3 Å². The smallest absolute Gasteiger partial charge is 0.349 e. The molecular weight excluding hydrogens is 396 g/mol. The van der Waals surface area contributed by atoms with E-state index < -0.39 is 18.5 Å². The minimum atomic E-state index is -1.18.